The summed E-state index contributed by atoms with van der Waals surface area (Å²) in [5.74, 6) is 0. The molecule has 0 unspecified atom stereocenters. The zero-order valence-corrected chi connectivity index (χ0v) is 31.3. The number of aryl methyl sites for hydroxylation is 2. The number of rotatable bonds is 24. The molecule has 0 atom stereocenters. The van der Waals surface area contributed by atoms with Crippen LogP contribution in [0.5, 0.6) is 0 Å². The van der Waals surface area contributed by atoms with Crippen LogP contribution in [0, 0.1) is 7.14 Å². The van der Waals surface area contributed by atoms with Crippen molar-refractivity contribution in [3.63, 3.8) is 0 Å². The fourth-order valence-electron chi connectivity index (χ4n) is 5.30. The molecule has 44 heavy (non-hydrogen) atoms. The third-order valence-corrected chi connectivity index (χ3v) is 11.0. The molecule has 0 aliphatic heterocycles. The van der Waals surface area contributed by atoms with E-state index in [-0.39, 0.29) is 21.2 Å². The minimum absolute atomic E-state index is 0.0947. The van der Waals surface area contributed by atoms with Gasteiger partial charge in [-0.05, 0) is 37.8 Å². The van der Waals surface area contributed by atoms with Crippen LogP contribution < -0.4 is 21.2 Å². The van der Waals surface area contributed by atoms with E-state index in [4.69, 9.17) is 0 Å². The van der Waals surface area contributed by atoms with Crippen LogP contribution in [0.3, 0.4) is 0 Å². The predicted molar refractivity (Wildman–Crippen MR) is 174 cm³/mol. The van der Waals surface area contributed by atoms with E-state index in [1.165, 1.54) is 141 Å². The average Bonchev–Trinajstić information content (AvgIpc) is 2.95. The topological polar surface area (TPSA) is 0 Å². The zero-order valence-electron chi connectivity index (χ0n) is 27.3. The van der Waals surface area contributed by atoms with E-state index in [0.29, 0.717) is 0 Å². The Kier molecular flexibility index (Phi) is 20.6. The van der Waals surface area contributed by atoms with Crippen molar-refractivity contribution in [2.24, 2.45) is 0 Å². The van der Waals surface area contributed by atoms with Gasteiger partial charge < -0.3 is 0 Å². The summed E-state index contributed by atoms with van der Waals surface area (Å²) >= 11 is -11.2. The Morgan fingerprint density at radius 3 is 0.955 bits per heavy atom. The Morgan fingerprint density at radius 2 is 0.659 bits per heavy atom. The van der Waals surface area contributed by atoms with Crippen molar-refractivity contribution in [2.75, 3.05) is 0 Å². The summed E-state index contributed by atoms with van der Waals surface area (Å²) in [5.41, 5.74) is 3.26. The van der Waals surface area contributed by atoms with Gasteiger partial charge in [0, 0.05) is 11.1 Å². The Morgan fingerprint density at radius 1 is 0.409 bits per heavy atom. The maximum absolute atomic E-state index is 11.1. The second-order valence-corrected chi connectivity index (χ2v) is 19.0. The Balaban J connectivity index is 0.00000123. The summed E-state index contributed by atoms with van der Waals surface area (Å²) in [6.07, 6.45) is 30.9. The second kappa shape index (κ2) is 22.0. The molecule has 0 saturated carbocycles. The number of halogens is 7. The summed E-state index contributed by atoms with van der Waals surface area (Å²) < 4.78 is 62.8. The monoisotopic (exact) mass is 806 g/mol. The van der Waals surface area contributed by atoms with Crippen LogP contribution in [0.25, 0.3) is 0 Å². The van der Waals surface area contributed by atoms with Gasteiger partial charge in [-0.3, -0.25) is 0 Å². The van der Waals surface area contributed by atoms with Crippen LogP contribution in [-0.2, 0) is 12.8 Å². The van der Waals surface area contributed by atoms with Crippen LogP contribution in [0.15, 0.2) is 48.5 Å². The third kappa shape index (κ3) is 27.6. The molecule has 0 saturated heterocycles. The van der Waals surface area contributed by atoms with Gasteiger partial charge in [0.2, 0.25) is 0 Å². The van der Waals surface area contributed by atoms with E-state index in [1.807, 2.05) is 0 Å². The van der Waals surface area contributed by atoms with Gasteiger partial charge in [-0.1, -0.05) is 166 Å². The van der Waals surface area contributed by atoms with E-state index >= 15 is 0 Å². The van der Waals surface area contributed by atoms with E-state index in [9.17, 15) is 20.8 Å². The van der Waals surface area contributed by atoms with Crippen molar-refractivity contribution < 1.29 is 42.0 Å². The van der Waals surface area contributed by atoms with Gasteiger partial charge in [-0.15, -0.1) is 0 Å². The molecule has 0 spiro atoms. The van der Waals surface area contributed by atoms with Crippen LogP contribution >= 0.6 is 0 Å². The summed E-state index contributed by atoms with van der Waals surface area (Å²) in [6.45, 7) is 4.61. The predicted octanol–water partition coefficient (Wildman–Crippen LogP) is 10.9. The molecule has 0 bridgehead atoms. The van der Waals surface area contributed by atoms with Gasteiger partial charge in [0.1, 0.15) is 0 Å². The molecular weight excluding hydrogens is 748 g/mol. The first kappa shape index (κ1) is 41.3. The van der Waals surface area contributed by atoms with Crippen molar-refractivity contribution in [3.05, 3.63) is 66.8 Å². The second-order valence-electron chi connectivity index (χ2n) is 12.1. The van der Waals surface area contributed by atoms with Gasteiger partial charge in [0.05, 0.1) is 0 Å². The van der Waals surface area contributed by atoms with Gasteiger partial charge in [0.15, 0.2) is 7.14 Å². The van der Waals surface area contributed by atoms with Crippen LogP contribution in [0.2, 0.25) is 0 Å². The number of benzene rings is 2. The molecule has 0 aliphatic rings. The van der Waals surface area contributed by atoms with E-state index in [2.05, 4.69) is 62.4 Å². The minimum atomic E-state index is -11.1. The van der Waals surface area contributed by atoms with Crippen LogP contribution in [-0.4, -0.2) is 14.2 Å². The number of hydrogen-bond acceptors (Lipinski definition) is 0. The Bertz CT molecular complexity index is 917. The molecule has 0 heterocycles. The van der Waals surface area contributed by atoms with Gasteiger partial charge in [0.25, 0.3) is 0 Å². The molecular formula is C36H58AsF6I. The molecule has 0 aromatic heterocycles. The molecule has 0 aliphatic carbocycles. The van der Waals surface area contributed by atoms with Gasteiger partial charge in [-0.2, -0.15) is 0 Å². The fourth-order valence-corrected chi connectivity index (χ4v) is 8.29. The molecule has 256 valence electrons. The standard InChI is InChI=1S/C36H58I.AsF6/c1-3-5-7-9-11-13-15-17-19-21-27-33-29-23-25-31-35(33)37-36-32-26-24-30-34(36)28-22-20-18-16-14-12-10-8-6-4-2;2-1(3,4,5,6)7/h23-26,29-32H,3-22,27-28H2,1-2H3;/q+1;-1. The molecule has 8 heteroatoms. The zero-order chi connectivity index (χ0) is 32.6. The number of unbranched alkanes of at least 4 members (excludes halogenated alkanes) is 18. The summed E-state index contributed by atoms with van der Waals surface area (Å²) in [6, 6.07) is 18.7. The summed E-state index contributed by atoms with van der Waals surface area (Å²) in [4.78, 5) is 0. The molecule has 2 rings (SSSR count). The molecule has 2 aromatic carbocycles. The first-order valence-electron chi connectivity index (χ1n) is 17.2. The van der Waals surface area contributed by atoms with Crippen LogP contribution in [0.1, 0.15) is 153 Å². The molecule has 0 N–H and O–H groups in total. The van der Waals surface area contributed by atoms with Crippen molar-refractivity contribution in [3.8, 4) is 0 Å². The van der Waals surface area contributed by atoms with Gasteiger partial charge in [-0.25, -0.2) is 0 Å². The first-order chi connectivity index (χ1) is 20.8. The van der Waals surface area contributed by atoms with Gasteiger partial charge >= 0.3 is 56.2 Å². The molecule has 2 aromatic rings. The van der Waals surface area contributed by atoms with Crippen molar-refractivity contribution >= 4 is 14.2 Å². The average molecular weight is 807 g/mol. The van der Waals surface area contributed by atoms with E-state index in [1.54, 1.807) is 18.3 Å². The first-order valence-corrected chi connectivity index (χ1v) is 23.6. The number of hydrogen-bond donors (Lipinski definition) is 0. The van der Waals surface area contributed by atoms with Crippen molar-refractivity contribution in [1.29, 1.82) is 0 Å². The summed E-state index contributed by atoms with van der Waals surface area (Å²) in [7, 11) is 0. The van der Waals surface area contributed by atoms with Crippen molar-refractivity contribution in [1.82, 2.24) is 0 Å². The normalized spacial score (nSPS) is 13.2. The van der Waals surface area contributed by atoms with E-state index < -0.39 is 14.2 Å². The Labute approximate surface area is 276 Å². The Hall–Kier alpha value is -0.692. The van der Waals surface area contributed by atoms with Crippen molar-refractivity contribution in [2.45, 2.75) is 155 Å². The third-order valence-electron chi connectivity index (χ3n) is 7.72. The molecule has 0 amide bonds. The molecule has 0 radical (unpaired) electrons. The maximum atomic E-state index is 9.91. The quantitative estimate of drug-likeness (QED) is 0.0429. The fraction of sp³-hybridized carbons (Fsp3) is 0.667. The van der Waals surface area contributed by atoms with E-state index in [0.717, 1.165) is 0 Å². The summed E-state index contributed by atoms with van der Waals surface area (Å²) in [5, 5.41) is 0. The molecule has 0 fully saturated rings. The molecule has 0 nitrogen and oxygen atoms in total. The SMILES string of the molecule is CCCCCCCCCCCCc1ccccc1[I+]c1ccccc1CCCCCCCCCCCC.F[As-](F)(F)(F)(F)F. The van der Waals surface area contributed by atoms with Crippen LogP contribution in [0.4, 0.5) is 20.8 Å².